The molecule has 0 amide bonds. The van der Waals surface area contributed by atoms with Crippen LogP contribution in [0.3, 0.4) is 0 Å². The van der Waals surface area contributed by atoms with Gasteiger partial charge in [-0.15, -0.1) is 0 Å². The van der Waals surface area contributed by atoms with Crippen LogP contribution in [0.4, 0.5) is 0 Å². The van der Waals surface area contributed by atoms with Crippen LogP contribution in [-0.2, 0) is 18.3 Å². The van der Waals surface area contributed by atoms with E-state index < -0.39 is 0 Å². The summed E-state index contributed by atoms with van der Waals surface area (Å²) in [5.41, 5.74) is 7.01. The lowest BCUT2D eigenvalue weighted by molar-refractivity contribution is 0.416. The van der Waals surface area contributed by atoms with Crippen molar-refractivity contribution >= 4 is 0 Å². The SMILES string of the molecule is C.COc1ccc(C(C)(C)C)cc1-c1ccc2c(c1)CCC2. The molecule has 0 bridgehead atoms. The predicted molar refractivity (Wildman–Crippen MR) is 95.9 cm³/mol. The Morgan fingerprint density at radius 3 is 2.32 bits per heavy atom. The Balaban J connectivity index is 0.00000176. The Hall–Kier alpha value is -1.76. The second-order valence-electron chi connectivity index (χ2n) is 7.00. The van der Waals surface area contributed by atoms with Gasteiger partial charge in [0.25, 0.3) is 0 Å². The lowest BCUT2D eigenvalue weighted by atomic mass is 9.85. The zero-order chi connectivity index (χ0) is 15.0. The van der Waals surface area contributed by atoms with Crippen molar-refractivity contribution in [2.24, 2.45) is 0 Å². The average Bonchev–Trinajstić information content (AvgIpc) is 2.93. The second kappa shape index (κ2) is 6.16. The van der Waals surface area contributed by atoms with Gasteiger partial charge in [-0.3, -0.25) is 0 Å². The van der Waals surface area contributed by atoms with Gasteiger partial charge in [-0.1, -0.05) is 52.5 Å². The third-order valence-electron chi connectivity index (χ3n) is 4.48. The lowest BCUT2D eigenvalue weighted by Crippen LogP contribution is -2.11. The predicted octanol–water partition coefficient (Wildman–Crippen LogP) is 5.78. The Labute approximate surface area is 135 Å². The van der Waals surface area contributed by atoms with E-state index in [1.54, 1.807) is 7.11 Å². The maximum absolute atomic E-state index is 5.59. The highest BCUT2D eigenvalue weighted by Crippen LogP contribution is 2.36. The molecule has 118 valence electrons. The van der Waals surface area contributed by atoms with Gasteiger partial charge in [0.05, 0.1) is 7.11 Å². The van der Waals surface area contributed by atoms with E-state index in [0.717, 1.165) is 5.75 Å². The van der Waals surface area contributed by atoms with E-state index >= 15 is 0 Å². The van der Waals surface area contributed by atoms with Gasteiger partial charge in [-0.25, -0.2) is 0 Å². The maximum Gasteiger partial charge on any atom is 0.126 e. The number of fused-ring (bicyclic) bond motifs is 1. The average molecular weight is 296 g/mol. The molecule has 0 radical (unpaired) electrons. The molecule has 2 aromatic rings. The van der Waals surface area contributed by atoms with Crippen molar-refractivity contribution in [1.82, 2.24) is 0 Å². The van der Waals surface area contributed by atoms with Gasteiger partial charge in [0, 0.05) is 5.56 Å². The number of hydrogen-bond donors (Lipinski definition) is 0. The topological polar surface area (TPSA) is 9.23 Å². The first kappa shape index (κ1) is 16.6. The third-order valence-corrected chi connectivity index (χ3v) is 4.48. The third kappa shape index (κ3) is 3.04. The Kier molecular flexibility index (Phi) is 4.65. The first-order valence-corrected chi connectivity index (χ1v) is 7.80. The van der Waals surface area contributed by atoms with Gasteiger partial charge >= 0.3 is 0 Å². The fraction of sp³-hybridized carbons (Fsp3) is 0.429. The summed E-state index contributed by atoms with van der Waals surface area (Å²) in [7, 11) is 1.75. The van der Waals surface area contributed by atoms with Gasteiger partial charge in [0.2, 0.25) is 0 Å². The molecule has 1 nitrogen and oxygen atoms in total. The van der Waals surface area contributed by atoms with E-state index in [-0.39, 0.29) is 12.8 Å². The summed E-state index contributed by atoms with van der Waals surface area (Å²) in [5.74, 6) is 0.959. The highest BCUT2D eigenvalue weighted by atomic mass is 16.5. The molecule has 0 aromatic heterocycles. The van der Waals surface area contributed by atoms with Crippen molar-refractivity contribution in [3.05, 3.63) is 53.1 Å². The first-order valence-electron chi connectivity index (χ1n) is 7.80. The highest BCUT2D eigenvalue weighted by molar-refractivity contribution is 5.72. The zero-order valence-electron chi connectivity index (χ0n) is 13.5. The summed E-state index contributed by atoms with van der Waals surface area (Å²) in [5, 5.41) is 0. The molecule has 3 rings (SSSR count). The molecule has 1 aliphatic carbocycles. The molecule has 0 aliphatic heterocycles. The lowest BCUT2D eigenvalue weighted by Gasteiger charge is -2.21. The number of benzene rings is 2. The minimum absolute atomic E-state index is 0. The van der Waals surface area contributed by atoms with E-state index in [2.05, 4.69) is 57.2 Å². The van der Waals surface area contributed by atoms with E-state index in [9.17, 15) is 0 Å². The van der Waals surface area contributed by atoms with Crippen LogP contribution in [0, 0.1) is 0 Å². The maximum atomic E-state index is 5.59. The van der Waals surface area contributed by atoms with Gasteiger partial charge in [-0.2, -0.15) is 0 Å². The van der Waals surface area contributed by atoms with Crippen molar-refractivity contribution in [2.75, 3.05) is 7.11 Å². The van der Waals surface area contributed by atoms with Gasteiger partial charge in [0.15, 0.2) is 0 Å². The van der Waals surface area contributed by atoms with E-state index in [1.807, 2.05) is 0 Å². The summed E-state index contributed by atoms with van der Waals surface area (Å²) in [6.07, 6.45) is 3.73. The largest absolute Gasteiger partial charge is 0.496 e. The van der Waals surface area contributed by atoms with Gasteiger partial charge < -0.3 is 4.74 Å². The van der Waals surface area contributed by atoms with Crippen LogP contribution in [0.15, 0.2) is 36.4 Å². The molecule has 0 N–H and O–H groups in total. The van der Waals surface area contributed by atoms with E-state index in [0.29, 0.717) is 0 Å². The van der Waals surface area contributed by atoms with Crippen LogP contribution in [0.1, 0.15) is 51.3 Å². The van der Waals surface area contributed by atoms with Crippen LogP contribution in [0.2, 0.25) is 0 Å². The summed E-state index contributed by atoms with van der Waals surface area (Å²) in [4.78, 5) is 0. The zero-order valence-corrected chi connectivity index (χ0v) is 13.5. The smallest absolute Gasteiger partial charge is 0.126 e. The molecule has 0 fully saturated rings. The molecule has 0 saturated carbocycles. The fourth-order valence-electron chi connectivity index (χ4n) is 3.14. The van der Waals surface area contributed by atoms with Crippen LogP contribution >= 0.6 is 0 Å². The van der Waals surface area contributed by atoms with Crippen molar-refractivity contribution in [1.29, 1.82) is 0 Å². The van der Waals surface area contributed by atoms with Crippen molar-refractivity contribution < 1.29 is 4.74 Å². The Morgan fingerprint density at radius 1 is 0.909 bits per heavy atom. The summed E-state index contributed by atoms with van der Waals surface area (Å²) < 4.78 is 5.59. The molecule has 1 heteroatoms. The van der Waals surface area contributed by atoms with E-state index in [4.69, 9.17) is 4.74 Å². The number of rotatable bonds is 2. The summed E-state index contributed by atoms with van der Waals surface area (Å²) in [6.45, 7) is 6.75. The molecule has 1 aliphatic rings. The van der Waals surface area contributed by atoms with Crippen molar-refractivity contribution in [3.63, 3.8) is 0 Å². The van der Waals surface area contributed by atoms with Gasteiger partial charge in [0.1, 0.15) is 5.75 Å². The monoisotopic (exact) mass is 296 g/mol. The van der Waals surface area contributed by atoms with Crippen molar-refractivity contribution in [3.8, 4) is 16.9 Å². The minimum Gasteiger partial charge on any atom is -0.496 e. The molecule has 0 spiro atoms. The van der Waals surface area contributed by atoms with Crippen molar-refractivity contribution in [2.45, 2.75) is 52.9 Å². The Bertz CT molecular complexity index is 662. The molecular formula is C21H28O. The first-order chi connectivity index (χ1) is 9.99. The molecule has 2 aromatic carbocycles. The minimum atomic E-state index is 0. The molecule has 0 unspecified atom stereocenters. The van der Waals surface area contributed by atoms with Gasteiger partial charge in [-0.05, 0) is 59.1 Å². The van der Waals surface area contributed by atoms with Crippen LogP contribution in [0.25, 0.3) is 11.1 Å². The standard InChI is InChI=1S/C20H24O.CH4/c1-20(2,3)17-10-11-19(21-4)18(13-17)16-9-8-14-6-5-7-15(14)12-16;/h8-13H,5-7H2,1-4H3;1H4. The fourth-order valence-corrected chi connectivity index (χ4v) is 3.14. The molecular weight excluding hydrogens is 268 g/mol. The quantitative estimate of drug-likeness (QED) is 0.682. The Morgan fingerprint density at radius 2 is 1.64 bits per heavy atom. The van der Waals surface area contributed by atoms with E-state index in [1.165, 1.54) is 47.1 Å². The summed E-state index contributed by atoms with van der Waals surface area (Å²) >= 11 is 0. The molecule has 0 saturated heterocycles. The molecule has 0 atom stereocenters. The highest BCUT2D eigenvalue weighted by Gasteiger charge is 2.18. The van der Waals surface area contributed by atoms with Crippen LogP contribution in [0.5, 0.6) is 5.75 Å². The van der Waals surface area contributed by atoms with Crippen LogP contribution in [-0.4, -0.2) is 7.11 Å². The normalized spacial score (nSPS) is 13.5. The number of hydrogen-bond acceptors (Lipinski definition) is 1. The molecule has 22 heavy (non-hydrogen) atoms. The van der Waals surface area contributed by atoms with Crippen LogP contribution < -0.4 is 4.74 Å². The number of ether oxygens (including phenoxy) is 1. The molecule has 0 heterocycles. The number of aryl methyl sites for hydroxylation is 2. The second-order valence-corrected chi connectivity index (χ2v) is 7.00. The summed E-state index contributed by atoms with van der Waals surface area (Å²) in [6, 6.07) is 13.5. The number of methoxy groups -OCH3 is 1.